The van der Waals surface area contributed by atoms with Crippen molar-refractivity contribution in [2.24, 2.45) is 0 Å². The van der Waals surface area contributed by atoms with Crippen LogP contribution < -0.4 is 5.32 Å². The van der Waals surface area contributed by atoms with Gasteiger partial charge in [-0.15, -0.1) is 0 Å². The lowest BCUT2D eigenvalue weighted by Crippen LogP contribution is -2.04. The number of nitrogens with one attached hydrogen (secondary N) is 1. The summed E-state index contributed by atoms with van der Waals surface area (Å²) in [5.41, 5.74) is 0. The molecule has 54 valence electrons. The highest BCUT2D eigenvalue weighted by molar-refractivity contribution is 7.17. The topological polar surface area (TPSA) is 62.2 Å². The van der Waals surface area contributed by atoms with Gasteiger partial charge in [-0.1, -0.05) is 11.3 Å². The van der Waals surface area contributed by atoms with Gasteiger partial charge in [-0.05, 0) is 0 Å². The smallest absolute Gasteiger partial charge is 0.223 e. The molecule has 0 aliphatic rings. The summed E-state index contributed by atoms with van der Waals surface area (Å²) in [4.78, 5) is 14.1. The van der Waals surface area contributed by atoms with Gasteiger partial charge < -0.3 is 10.4 Å². The van der Waals surface area contributed by atoms with Crippen molar-refractivity contribution in [2.45, 2.75) is 6.92 Å². The first-order chi connectivity index (χ1) is 4.68. The summed E-state index contributed by atoms with van der Waals surface area (Å²) >= 11 is 1.03. The predicted octanol–water partition coefficient (Wildman–Crippen LogP) is 0.807. The second-order valence-corrected chi connectivity index (χ2v) is 2.69. The van der Waals surface area contributed by atoms with E-state index in [-0.39, 0.29) is 11.0 Å². The van der Waals surface area contributed by atoms with Gasteiger partial charge in [0.1, 0.15) is 0 Å². The van der Waals surface area contributed by atoms with Crippen molar-refractivity contribution in [3.05, 3.63) is 6.20 Å². The van der Waals surface area contributed by atoms with Gasteiger partial charge in [-0.2, -0.15) is 0 Å². The first kappa shape index (κ1) is 7.01. The summed E-state index contributed by atoms with van der Waals surface area (Å²) in [6, 6.07) is 0. The first-order valence-electron chi connectivity index (χ1n) is 2.61. The van der Waals surface area contributed by atoms with Gasteiger partial charge in [0, 0.05) is 6.92 Å². The SMILES string of the molecule is CC(=O)Nc1ncc(O)s1. The molecule has 0 saturated heterocycles. The molecule has 10 heavy (non-hydrogen) atoms. The van der Waals surface area contributed by atoms with Crippen LogP contribution in [-0.2, 0) is 4.79 Å². The minimum Gasteiger partial charge on any atom is -0.498 e. The van der Waals surface area contributed by atoms with E-state index in [1.54, 1.807) is 0 Å². The van der Waals surface area contributed by atoms with Crippen LogP contribution in [0, 0.1) is 0 Å². The van der Waals surface area contributed by atoms with Gasteiger partial charge >= 0.3 is 0 Å². The molecule has 1 rings (SSSR count). The lowest BCUT2D eigenvalue weighted by Gasteiger charge is -1.90. The van der Waals surface area contributed by atoms with Crippen molar-refractivity contribution in [3.8, 4) is 5.06 Å². The Morgan fingerprint density at radius 3 is 3.00 bits per heavy atom. The third-order valence-electron chi connectivity index (χ3n) is 0.776. The minimum atomic E-state index is -0.186. The highest BCUT2D eigenvalue weighted by Crippen LogP contribution is 2.23. The fourth-order valence-corrected chi connectivity index (χ4v) is 1.08. The molecule has 0 atom stereocenters. The molecule has 1 heterocycles. The van der Waals surface area contributed by atoms with E-state index in [4.69, 9.17) is 5.11 Å². The van der Waals surface area contributed by atoms with E-state index in [9.17, 15) is 4.79 Å². The lowest BCUT2D eigenvalue weighted by molar-refractivity contribution is -0.114. The Morgan fingerprint density at radius 1 is 1.90 bits per heavy atom. The molecule has 0 spiro atoms. The zero-order chi connectivity index (χ0) is 7.56. The summed E-state index contributed by atoms with van der Waals surface area (Å²) in [7, 11) is 0. The fraction of sp³-hybridized carbons (Fsp3) is 0.200. The number of rotatable bonds is 1. The Balaban J connectivity index is 2.67. The Morgan fingerprint density at radius 2 is 2.60 bits per heavy atom. The quantitative estimate of drug-likeness (QED) is 0.635. The average Bonchev–Trinajstić information content (AvgIpc) is 2.13. The number of nitrogens with zero attached hydrogens (tertiary/aromatic N) is 1. The number of aromatic nitrogens is 1. The van der Waals surface area contributed by atoms with Crippen LogP contribution in [0.4, 0.5) is 5.13 Å². The van der Waals surface area contributed by atoms with Gasteiger partial charge in [0.15, 0.2) is 10.2 Å². The molecule has 0 fully saturated rings. The van der Waals surface area contributed by atoms with Gasteiger partial charge in [0.05, 0.1) is 6.20 Å². The maximum Gasteiger partial charge on any atom is 0.223 e. The van der Waals surface area contributed by atoms with E-state index in [1.165, 1.54) is 13.1 Å². The zero-order valence-electron chi connectivity index (χ0n) is 5.29. The third-order valence-corrected chi connectivity index (χ3v) is 1.49. The molecule has 1 aromatic heterocycles. The second kappa shape index (κ2) is 2.66. The van der Waals surface area contributed by atoms with Crippen LogP contribution in [-0.4, -0.2) is 16.0 Å². The van der Waals surface area contributed by atoms with Gasteiger partial charge in [-0.3, -0.25) is 4.79 Å². The van der Waals surface area contributed by atoms with Gasteiger partial charge in [0.2, 0.25) is 5.91 Å². The molecule has 0 bridgehead atoms. The number of hydrogen-bond acceptors (Lipinski definition) is 4. The standard InChI is InChI=1S/C5H6N2O2S/c1-3(8)7-5-6-2-4(9)10-5/h2,9H,1H3,(H,6,7,8). The van der Waals surface area contributed by atoms with E-state index in [1.807, 2.05) is 0 Å². The van der Waals surface area contributed by atoms with Crippen LogP contribution in [0.5, 0.6) is 5.06 Å². The number of aromatic hydroxyl groups is 1. The van der Waals surface area contributed by atoms with Crippen molar-refractivity contribution < 1.29 is 9.90 Å². The van der Waals surface area contributed by atoms with E-state index >= 15 is 0 Å². The Labute approximate surface area is 61.5 Å². The van der Waals surface area contributed by atoms with Crippen molar-refractivity contribution in [3.63, 3.8) is 0 Å². The molecule has 0 aliphatic carbocycles. The molecule has 0 unspecified atom stereocenters. The minimum absolute atomic E-state index is 0.101. The first-order valence-corrected chi connectivity index (χ1v) is 3.42. The summed E-state index contributed by atoms with van der Waals surface area (Å²) in [5, 5.41) is 11.7. The molecule has 0 radical (unpaired) electrons. The fourth-order valence-electron chi connectivity index (χ4n) is 0.474. The number of carbonyl (C=O) groups is 1. The molecular weight excluding hydrogens is 152 g/mol. The predicted molar refractivity (Wildman–Crippen MR) is 38.1 cm³/mol. The zero-order valence-corrected chi connectivity index (χ0v) is 6.10. The van der Waals surface area contributed by atoms with Crippen LogP contribution in [0.2, 0.25) is 0 Å². The van der Waals surface area contributed by atoms with Crippen molar-refractivity contribution >= 4 is 22.4 Å². The number of anilines is 1. The summed E-state index contributed by atoms with van der Waals surface area (Å²) in [6.07, 6.45) is 1.29. The Bertz CT molecular complexity index is 246. The molecule has 0 saturated carbocycles. The van der Waals surface area contributed by atoms with E-state index in [0.717, 1.165) is 11.3 Å². The van der Waals surface area contributed by atoms with Crippen LogP contribution in [0.3, 0.4) is 0 Å². The van der Waals surface area contributed by atoms with Crippen LogP contribution in [0.25, 0.3) is 0 Å². The van der Waals surface area contributed by atoms with Crippen LogP contribution in [0.15, 0.2) is 6.20 Å². The summed E-state index contributed by atoms with van der Waals surface area (Å²) < 4.78 is 0. The molecule has 5 heteroatoms. The maximum atomic E-state index is 10.4. The van der Waals surface area contributed by atoms with E-state index < -0.39 is 0 Å². The van der Waals surface area contributed by atoms with E-state index in [2.05, 4.69) is 10.3 Å². The van der Waals surface area contributed by atoms with Crippen molar-refractivity contribution in [1.29, 1.82) is 0 Å². The largest absolute Gasteiger partial charge is 0.498 e. The summed E-state index contributed by atoms with van der Waals surface area (Å²) in [5.74, 6) is -0.186. The number of amides is 1. The number of carbonyl (C=O) groups excluding carboxylic acids is 1. The Hall–Kier alpha value is -1.10. The van der Waals surface area contributed by atoms with Crippen molar-refractivity contribution in [2.75, 3.05) is 5.32 Å². The maximum absolute atomic E-state index is 10.4. The lowest BCUT2D eigenvalue weighted by atomic mass is 10.7. The Kier molecular flexibility index (Phi) is 1.86. The second-order valence-electron chi connectivity index (χ2n) is 1.68. The highest BCUT2D eigenvalue weighted by atomic mass is 32.1. The van der Waals surface area contributed by atoms with Gasteiger partial charge in [0.25, 0.3) is 0 Å². The normalized spacial score (nSPS) is 9.30. The molecule has 2 N–H and O–H groups in total. The number of thiazole rings is 1. The van der Waals surface area contributed by atoms with Gasteiger partial charge in [-0.25, -0.2) is 4.98 Å². The summed E-state index contributed by atoms with van der Waals surface area (Å²) in [6.45, 7) is 1.39. The molecule has 4 nitrogen and oxygen atoms in total. The monoisotopic (exact) mass is 158 g/mol. The third kappa shape index (κ3) is 1.70. The van der Waals surface area contributed by atoms with E-state index in [0.29, 0.717) is 5.13 Å². The van der Waals surface area contributed by atoms with Crippen LogP contribution >= 0.6 is 11.3 Å². The molecule has 0 aromatic carbocycles. The molecular formula is C5H6N2O2S. The van der Waals surface area contributed by atoms with Crippen LogP contribution in [0.1, 0.15) is 6.92 Å². The average molecular weight is 158 g/mol. The molecule has 1 amide bonds. The number of hydrogen-bond donors (Lipinski definition) is 2. The van der Waals surface area contributed by atoms with Crippen molar-refractivity contribution in [1.82, 2.24) is 4.98 Å². The molecule has 0 aliphatic heterocycles. The highest BCUT2D eigenvalue weighted by Gasteiger charge is 1.99. The molecule has 1 aromatic rings.